The summed E-state index contributed by atoms with van der Waals surface area (Å²) in [7, 11) is 0. The van der Waals surface area contributed by atoms with Crippen molar-refractivity contribution in [2.45, 2.75) is 38.8 Å². The number of hydrogen-bond acceptors (Lipinski definition) is 3. The van der Waals surface area contributed by atoms with Gasteiger partial charge in [-0.05, 0) is 44.2 Å². The summed E-state index contributed by atoms with van der Waals surface area (Å²) in [6.45, 7) is 5.95. The van der Waals surface area contributed by atoms with Crippen LogP contribution >= 0.6 is 11.3 Å². The van der Waals surface area contributed by atoms with E-state index in [9.17, 15) is 4.79 Å². The third-order valence-corrected chi connectivity index (χ3v) is 5.46. The molecule has 2 aromatic rings. The molecule has 4 heteroatoms. The summed E-state index contributed by atoms with van der Waals surface area (Å²) in [5, 5.41) is 4.74. The van der Waals surface area contributed by atoms with Gasteiger partial charge in [0, 0.05) is 28.7 Å². The Kier molecular flexibility index (Phi) is 4.27. The summed E-state index contributed by atoms with van der Waals surface area (Å²) < 4.78 is 1.31. The second-order valence-electron chi connectivity index (χ2n) is 5.83. The van der Waals surface area contributed by atoms with E-state index in [0.29, 0.717) is 0 Å². The minimum absolute atomic E-state index is 0.122. The van der Waals surface area contributed by atoms with Crippen molar-refractivity contribution in [3.05, 3.63) is 35.2 Å². The highest BCUT2D eigenvalue weighted by molar-refractivity contribution is 7.19. The summed E-state index contributed by atoms with van der Waals surface area (Å²) in [4.78, 5) is 15.6. The summed E-state index contributed by atoms with van der Waals surface area (Å²) in [5.74, 6) is 0.237. The maximum Gasteiger partial charge on any atom is 0.239 e. The van der Waals surface area contributed by atoms with Gasteiger partial charge in [0.15, 0.2) is 0 Å². The fourth-order valence-electron chi connectivity index (χ4n) is 2.96. The van der Waals surface area contributed by atoms with E-state index in [4.69, 9.17) is 0 Å². The van der Waals surface area contributed by atoms with E-state index in [1.165, 1.54) is 15.0 Å². The zero-order chi connectivity index (χ0) is 14.8. The Morgan fingerprint density at radius 2 is 1.95 bits per heavy atom. The number of likely N-dealkylation sites (tertiary alicyclic amines) is 1. The molecule has 0 aliphatic carbocycles. The van der Waals surface area contributed by atoms with Crippen LogP contribution in [0.4, 0.5) is 0 Å². The molecule has 0 radical (unpaired) electrons. The molecule has 1 fully saturated rings. The van der Waals surface area contributed by atoms with E-state index in [0.717, 1.165) is 25.9 Å². The summed E-state index contributed by atoms with van der Waals surface area (Å²) in [6.07, 6.45) is 2.29. The number of carbonyl (C=O) groups is 1. The van der Waals surface area contributed by atoms with Crippen LogP contribution in [-0.4, -0.2) is 29.9 Å². The number of carbonyl (C=O) groups excluding carboxylic acids is 1. The van der Waals surface area contributed by atoms with Crippen molar-refractivity contribution in [2.24, 2.45) is 0 Å². The molecule has 1 aliphatic rings. The molecular formula is C17H22N2OS. The van der Waals surface area contributed by atoms with Gasteiger partial charge in [0.2, 0.25) is 5.91 Å². The van der Waals surface area contributed by atoms with Gasteiger partial charge in [-0.15, -0.1) is 11.3 Å². The Labute approximate surface area is 130 Å². The molecular weight excluding hydrogens is 280 g/mol. The van der Waals surface area contributed by atoms with Gasteiger partial charge in [0.05, 0.1) is 6.04 Å². The quantitative estimate of drug-likeness (QED) is 0.936. The number of nitrogens with zero attached hydrogens (tertiary/aromatic N) is 1. The van der Waals surface area contributed by atoms with E-state index in [-0.39, 0.29) is 18.0 Å². The lowest BCUT2D eigenvalue weighted by Crippen LogP contribution is -2.44. The van der Waals surface area contributed by atoms with Crippen molar-refractivity contribution < 1.29 is 4.79 Å². The van der Waals surface area contributed by atoms with Crippen molar-refractivity contribution in [3.8, 4) is 0 Å². The standard InChI is InChI=1S/C17H22N2OS/c1-12(16-11-14-7-3-4-8-15(14)21-16)18-13(2)17(20)19-9-5-6-10-19/h3-4,7-8,11-13,18H,5-6,9-10H2,1-2H3. The number of fused-ring (bicyclic) bond motifs is 1. The molecule has 1 aliphatic heterocycles. The van der Waals surface area contributed by atoms with Gasteiger partial charge in [-0.1, -0.05) is 18.2 Å². The number of thiophene rings is 1. The summed E-state index contributed by atoms with van der Waals surface area (Å²) in [6, 6.07) is 10.7. The van der Waals surface area contributed by atoms with Crippen LogP contribution in [0.25, 0.3) is 10.1 Å². The number of benzene rings is 1. The monoisotopic (exact) mass is 302 g/mol. The number of hydrogen-bond donors (Lipinski definition) is 1. The van der Waals surface area contributed by atoms with Crippen LogP contribution in [0.5, 0.6) is 0 Å². The first-order valence-electron chi connectivity index (χ1n) is 7.68. The van der Waals surface area contributed by atoms with Crippen LogP contribution in [0.15, 0.2) is 30.3 Å². The Bertz CT molecular complexity index is 598. The number of amides is 1. The van der Waals surface area contributed by atoms with E-state index < -0.39 is 0 Å². The van der Waals surface area contributed by atoms with Gasteiger partial charge in [-0.3, -0.25) is 10.1 Å². The van der Waals surface area contributed by atoms with Gasteiger partial charge in [-0.2, -0.15) is 0 Å². The van der Waals surface area contributed by atoms with E-state index in [1.54, 1.807) is 11.3 Å². The van der Waals surface area contributed by atoms with Gasteiger partial charge in [0.25, 0.3) is 0 Å². The molecule has 0 bridgehead atoms. The lowest BCUT2D eigenvalue weighted by atomic mass is 10.2. The van der Waals surface area contributed by atoms with Gasteiger partial charge < -0.3 is 4.90 Å². The molecule has 2 heterocycles. The topological polar surface area (TPSA) is 32.3 Å². The second kappa shape index (κ2) is 6.16. The second-order valence-corrected chi connectivity index (χ2v) is 6.94. The van der Waals surface area contributed by atoms with E-state index in [2.05, 4.69) is 42.6 Å². The number of rotatable bonds is 4. The highest BCUT2D eigenvalue weighted by atomic mass is 32.1. The summed E-state index contributed by atoms with van der Waals surface area (Å²) in [5.41, 5.74) is 0. The van der Waals surface area contributed by atoms with Crippen molar-refractivity contribution in [2.75, 3.05) is 13.1 Å². The maximum absolute atomic E-state index is 12.4. The van der Waals surface area contributed by atoms with Crippen LogP contribution in [-0.2, 0) is 4.79 Å². The first-order valence-corrected chi connectivity index (χ1v) is 8.50. The predicted octanol–water partition coefficient (Wildman–Crippen LogP) is 3.56. The van der Waals surface area contributed by atoms with Crippen LogP contribution in [0.2, 0.25) is 0 Å². The highest BCUT2D eigenvalue weighted by Gasteiger charge is 2.24. The van der Waals surface area contributed by atoms with E-state index >= 15 is 0 Å². The zero-order valence-electron chi connectivity index (χ0n) is 12.6. The smallest absolute Gasteiger partial charge is 0.239 e. The molecule has 2 unspecified atom stereocenters. The molecule has 3 nitrogen and oxygen atoms in total. The molecule has 112 valence electrons. The van der Waals surface area contributed by atoms with Crippen LogP contribution in [0.1, 0.15) is 37.6 Å². The minimum Gasteiger partial charge on any atom is -0.341 e. The fourth-order valence-corrected chi connectivity index (χ4v) is 4.03. The Balaban J connectivity index is 1.67. The Hall–Kier alpha value is -1.39. The minimum atomic E-state index is -0.122. The van der Waals surface area contributed by atoms with Crippen molar-refractivity contribution >= 4 is 27.3 Å². The van der Waals surface area contributed by atoms with Gasteiger partial charge in [-0.25, -0.2) is 0 Å². The lowest BCUT2D eigenvalue weighted by molar-refractivity contribution is -0.132. The Morgan fingerprint density at radius 3 is 2.67 bits per heavy atom. The molecule has 1 N–H and O–H groups in total. The van der Waals surface area contributed by atoms with Crippen LogP contribution in [0, 0.1) is 0 Å². The van der Waals surface area contributed by atoms with Gasteiger partial charge >= 0.3 is 0 Å². The van der Waals surface area contributed by atoms with Crippen LogP contribution in [0.3, 0.4) is 0 Å². The van der Waals surface area contributed by atoms with Crippen LogP contribution < -0.4 is 5.32 Å². The van der Waals surface area contributed by atoms with Crippen molar-refractivity contribution in [1.82, 2.24) is 10.2 Å². The zero-order valence-corrected chi connectivity index (χ0v) is 13.5. The molecule has 1 amide bonds. The molecule has 1 aromatic heterocycles. The maximum atomic E-state index is 12.4. The first-order chi connectivity index (χ1) is 10.1. The SMILES string of the molecule is CC(NC(C)c1cc2ccccc2s1)C(=O)N1CCCC1. The molecule has 2 atom stereocenters. The molecule has 1 saturated heterocycles. The largest absolute Gasteiger partial charge is 0.341 e. The molecule has 1 aromatic carbocycles. The lowest BCUT2D eigenvalue weighted by Gasteiger charge is -2.23. The normalized spacial score (nSPS) is 18.1. The Morgan fingerprint density at radius 1 is 1.24 bits per heavy atom. The molecule has 0 saturated carbocycles. The third kappa shape index (κ3) is 3.11. The van der Waals surface area contributed by atoms with Crippen molar-refractivity contribution in [3.63, 3.8) is 0 Å². The average molecular weight is 302 g/mol. The average Bonchev–Trinajstić information content (AvgIpc) is 3.15. The first kappa shape index (κ1) is 14.5. The molecule has 3 rings (SSSR count). The van der Waals surface area contributed by atoms with Crippen molar-refractivity contribution in [1.29, 1.82) is 0 Å². The third-order valence-electron chi connectivity index (χ3n) is 4.16. The fraction of sp³-hybridized carbons (Fsp3) is 0.471. The molecule has 0 spiro atoms. The number of nitrogens with one attached hydrogen (secondary N) is 1. The van der Waals surface area contributed by atoms with Gasteiger partial charge in [0.1, 0.15) is 0 Å². The predicted molar refractivity (Wildman–Crippen MR) is 88.7 cm³/mol. The highest BCUT2D eigenvalue weighted by Crippen LogP contribution is 2.29. The van der Waals surface area contributed by atoms with E-state index in [1.807, 2.05) is 11.8 Å². The summed E-state index contributed by atoms with van der Waals surface area (Å²) >= 11 is 1.80. The molecule has 21 heavy (non-hydrogen) atoms.